The summed E-state index contributed by atoms with van der Waals surface area (Å²) in [5.74, 6) is -0.0996. The van der Waals surface area contributed by atoms with Gasteiger partial charge in [0.2, 0.25) is 5.91 Å². The van der Waals surface area contributed by atoms with E-state index in [1.54, 1.807) is 18.3 Å². The average Bonchev–Trinajstić information content (AvgIpc) is 2.88. The van der Waals surface area contributed by atoms with Gasteiger partial charge in [0.25, 0.3) is 0 Å². The van der Waals surface area contributed by atoms with Gasteiger partial charge in [-0.15, -0.1) is 11.3 Å². The van der Waals surface area contributed by atoms with Crippen LogP contribution in [0.5, 0.6) is 0 Å². The molecule has 0 bridgehead atoms. The van der Waals surface area contributed by atoms with Gasteiger partial charge in [-0.1, -0.05) is 26.0 Å². The molecule has 122 valence electrons. The predicted octanol–water partition coefficient (Wildman–Crippen LogP) is 2.78. The smallest absolute Gasteiger partial charge is 0.235 e. The highest BCUT2D eigenvalue weighted by molar-refractivity contribution is 7.18. The summed E-state index contributed by atoms with van der Waals surface area (Å²) in [4.78, 5) is 18.7. The van der Waals surface area contributed by atoms with Crippen LogP contribution in [0.15, 0.2) is 24.3 Å². The number of likely N-dealkylation sites (N-methyl/N-ethyl adjacent to an activating group) is 1. The van der Waals surface area contributed by atoms with E-state index in [9.17, 15) is 10.1 Å². The Labute approximate surface area is 140 Å². The van der Waals surface area contributed by atoms with Crippen molar-refractivity contribution in [3.63, 3.8) is 0 Å². The molecule has 1 aromatic heterocycles. The summed E-state index contributed by atoms with van der Waals surface area (Å²) in [6, 6.07) is 10.2. The van der Waals surface area contributed by atoms with Gasteiger partial charge in [-0.2, -0.15) is 5.26 Å². The minimum absolute atomic E-state index is 0.0472. The number of amides is 1. The van der Waals surface area contributed by atoms with Crippen LogP contribution in [-0.2, 0) is 11.3 Å². The maximum atomic E-state index is 12.2. The molecule has 0 aliphatic heterocycles. The van der Waals surface area contributed by atoms with Crippen molar-refractivity contribution >= 4 is 27.5 Å². The number of carbonyl (C=O) groups excluding carboxylic acids is 1. The zero-order valence-electron chi connectivity index (χ0n) is 14.0. The maximum Gasteiger partial charge on any atom is 0.235 e. The highest BCUT2D eigenvalue weighted by Crippen LogP contribution is 2.22. The third kappa shape index (κ3) is 4.27. The van der Waals surface area contributed by atoms with Crippen molar-refractivity contribution in [3.05, 3.63) is 29.3 Å². The third-order valence-corrected chi connectivity index (χ3v) is 4.96. The third-order valence-electron chi connectivity index (χ3n) is 3.94. The van der Waals surface area contributed by atoms with Crippen LogP contribution in [0, 0.1) is 17.2 Å². The largest absolute Gasteiger partial charge is 0.337 e. The summed E-state index contributed by atoms with van der Waals surface area (Å²) in [6.45, 7) is 6.45. The van der Waals surface area contributed by atoms with E-state index < -0.39 is 5.54 Å². The van der Waals surface area contributed by atoms with Gasteiger partial charge >= 0.3 is 0 Å². The lowest BCUT2D eigenvalue weighted by atomic mass is 9.90. The van der Waals surface area contributed by atoms with Crippen LogP contribution >= 0.6 is 11.3 Å². The number of nitrogens with one attached hydrogen (secondary N) is 1. The molecule has 6 heteroatoms. The highest BCUT2D eigenvalue weighted by atomic mass is 32.1. The van der Waals surface area contributed by atoms with Gasteiger partial charge in [0.1, 0.15) is 10.5 Å². The number of hydrogen-bond acceptors (Lipinski definition) is 5. The van der Waals surface area contributed by atoms with E-state index in [0.717, 1.165) is 15.2 Å². The molecule has 0 radical (unpaired) electrons. The molecule has 1 N–H and O–H groups in total. The maximum absolute atomic E-state index is 12.2. The van der Waals surface area contributed by atoms with Crippen molar-refractivity contribution in [3.8, 4) is 6.07 Å². The fourth-order valence-electron chi connectivity index (χ4n) is 2.15. The van der Waals surface area contributed by atoms with E-state index in [1.807, 2.05) is 50.1 Å². The van der Waals surface area contributed by atoms with E-state index >= 15 is 0 Å². The second kappa shape index (κ2) is 7.07. The lowest BCUT2D eigenvalue weighted by molar-refractivity contribution is -0.123. The van der Waals surface area contributed by atoms with Crippen LogP contribution in [0.25, 0.3) is 10.2 Å². The number of rotatable bonds is 6. The Morgan fingerprint density at radius 1 is 1.48 bits per heavy atom. The number of nitriles is 1. The Balaban J connectivity index is 1.95. The molecular formula is C17H22N4OS. The first-order chi connectivity index (χ1) is 10.8. The van der Waals surface area contributed by atoms with E-state index in [4.69, 9.17) is 0 Å². The molecule has 1 heterocycles. The molecule has 5 nitrogen and oxygen atoms in total. The highest BCUT2D eigenvalue weighted by Gasteiger charge is 2.30. The van der Waals surface area contributed by atoms with E-state index in [0.29, 0.717) is 6.54 Å². The second-order valence-corrected chi connectivity index (χ2v) is 7.38. The zero-order valence-corrected chi connectivity index (χ0v) is 14.8. The molecule has 0 saturated heterocycles. The van der Waals surface area contributed by atoms with Crippen LogP contribution in [-0.4, -0.2) is 34.9 Å². The zero-order chi connectivity index (χ0) is 17.0. The summed E-state index contributed by atoms with van der Waals surface area (Å²) < 4.78 is 1.15. The summed E-state index contributed by atoms with van der Waals surface area (Å²) in [6.07, 6.45) is 0. The van der Waals surface area contributed by atoms with Crippen molar-refractivity contribution in [2.45, 2.75) is 32.9 Å². The topological polar surface area (TPSA) is 69.0 Å². The Bertz CT molecular complexity index is 701. The number of thiazole rings is 1. The van der Waals surface area contributed by atoms with Crippen molar-refractivity contribution in [2.75, 3.05) is 13.6 Å². The number of carbonyl (C=O) groups is 1. The lowest BCUT2D eigenvalue weighted by Gasteiger charge is -2.28. The first kappa shape index (κ1) is 17.4. The van der Waals surface area contributed by atoms with Crippen LogP contribution in [0.4, 0.5) is 0 Å². The summed E-state index contributed by atoms with van der Waals surface area (Å²) in [5, 5.41) is 13.1. The molecule has 0 aliphatic carbocycles. The average molecular weight is 330 g/mol. The van der Waals surface area contributed by atoms with Gasteiger partial charge in [-0.05, 0) is 32.0 Å². The summed E-state index contributed by atoms with van der Waals surface area (Å²) in [5.41, 5.74) is 0.149. The summed E-state index contributed by atoms with van der Waals surface area (Å²) >= 11 is 1.64. The van der Waals surface area contributed by atoms with Crippen LogP contribution < -0.4 is 5.32 Å². The molecule has 23 heavy (non-hydrogen) atoms. The number of aromatic nitrogens is 1. The van der Waals surface area contributed by atoms with Crippen molar-refractivity contribution in [1.29, 1.82) is 5.26 Å². The molecule has 0 spiro atoms. The Morgan fingerprint density at radius 3 is 2.78 bits per heavy atom. The fourth-order valence-corrected chi connectivity index (χ4v) is 3.20. The number of para-hydroxylation sites is 1. The normalized spacial score (nSPS) is 14.0. The van der Waals surface area contributed by atoms with E-state index in [2.05, 4.69) is 16.4 Å². The van der Waals surface area contributed by atoms with Crippen LogP contribution in [0.2, 0.25) is 0 Å². The number of nitrogens with zero attached hydrogens (tertiary/aromatic N) is 3. The van der Waals surface area contributed by atoms with E-state index in [-0.39, 0.29) is 18.4 Å². The minimum atomic E-state index is -0.839. The molecule has 2 rings (SSSR count). The van der Waals surface area contributed by atoms with E-state index in [1.165, 1.54) is 0 Å². The molecule has 2 aromatic rings. The Kier molecular flexibility index (Phi) is 5.34. The number of fused-ring (bicyclic) bond motifs is 1. The van der Waals surface area contributed by atoms with Crippen LogP contribution in [0.3, 0.4) is 0 Å². The molecule has 1 unspecified atom stereocenters. The first-order valence-corrected chi connectivity index (χ1v) is 8.41. The second-order valence-electron chi connectivity index (χ2n) is 6.26. The molecular weight excluding hydrogens is 308 g/mol. The molecule has 1 amide bonds. The minimum Gasteiger partial charge on any atom is -0.337 e. The standard InChI is InChI=1S/C17H22N4OS/c1-12(2)17(3,11-18)20-15(22)9-21(4)10-16-19-13-7-5-6-8-14(13)23-16/h5-8,12H,9-10H2,1-4H3,(H,20,22). The van der Waals surface area contributed by atoms with Gasteiger partial charge in [-0.25, -0.2) is 4.98 Å². The van der Waals surface area contributed by atoms with Gasteiger partial charge in [0.15, 0.2) is 0 Å². The van der Waals surface area contributed by atoms with Gasteiger partial charge < -0.3 is 5.32 Å². The molecule has 0 fully saturated rings. The SMILES string of the molecule is CC(C)C(C)(C#N)NC(=O)CN(C)Cc1nc2ccccc2s1. The van der Waals surface area contributed by atoms with Crippen molar-refractivity contribution in [1.82, 2.24) is 15.2 Å². The van der Waals surface area contributed by atoms with Gasteiger partial charge in [0.05, 0.1) is 29.4 Å². The Hall–Kier alpha value is -1.97. The Morgan fingerprint density at radius 2 is 2.17 bits per heavy atom. The van der Waals surface area contributed by atoms with Gasteiger partial charge in [-0.3, -0.25) is 9.69 Å². The molecule has 0 saturated carbocycles. The molecule has 1 atom stereocenters. The number of hydrogen-bond donors (Lipinski definition) is 1. The fraction of sp³-hybridized carbons (Fsp3) is 0.471. The van der Waals surface area contributed by atoms with Crippen molar-refractivity contribution < 1.29 is 4.79 Å². The number of benzene rings is 1. The first-order valence-electron chi connectivity index (χ1n) is 7.59. The molecule has 0 aliphatic rings. The summed E-state index contributed by atoms with van der Waals surface area (Å²) in [7, 11) is 1.88. The van der Waals surface area contributed by atoms with Crippen molar-refractivity contribution in [2.24, 2.45) is 5.92 Å². The van der Waals surface area contributed by atoms with Crippen LogP contribution in [0.1, 0.15) is 25.8 Å². The van der Waals surface area contributed by atoms with Gasteiger partial charge in [0, 0.05) is 0 Å². The lowest BCUT2D eigenvalue weighted by Crippen LogP contribution is -2.51. The molecule has 1 aromatic carbocycles. The monoisotopic (exact) mass is 330 g/mol. The predicted molar refractivity (Wildman–Crippen MR) is 93.0 cm³/mol. The quantitative estimate of drug-likeness (QED) is 0.884.